The highest BCUT2D eigenvalue weighted by Crippen LogP contribution is 1.85. The molecule has 3 nitrogen and oxygen atoms in total. The highest BCUT2D eigenvalue weighted by molar-refractivity contribution is 5.67. The standard InChI is InChI=1S/C6H10NO2/c1-4-5-9-6(8)7(2)3/h4H,1-2,5H2,3H3. The van der Waals surface area contributed by atoms with E-state index in [-0.39, 0.29) is 6.61 Å². The Hall–Kier alpha value is -0.990. The van der Waals surface area contributed by atoms with Crippen LogP contribution in [0.3, 0.4) is 0 Å². The topological polar surface area (TPSA) is 29.5 Å². The van der Waals surface area contributed by atoms with Crippen LogP contribution < -0.4 is 0 Å². The average Bonchev–Trinajstić information content (AvgIpc) is 1.82. The Labute approximate surface area is 54.9 Å². The molecule has 1 radical (unpaired) electrons. The molecule has 1 amide bonds. The molecule has 0 saturated heterocycles. The predicted molar refractivity (Wildman–Crippen MR) is 34.7 cm³/mol. The lowest BCUT2D eigenvalue weighted by atomic mass is 10.7. The smallest absolute Gasteiger partial charge is 0.409 e. The summed E-state index contributed by atoms with van der Waals surface area (Å²) in [5.74, 6) is 0. The van der Waals surface area contributed by atoms with Crippen molar-refractivity contribution in [2.24, 2.45) is 0 Å². The molecule has 0 saturated carbocycles. The minimum absolute atomic E-state index is 0.235. The van der Waals surface area contributed by atoms with Crippen LogP contribution in [0.4, 0.5) is 4.79 Å². The molecule has 0 N–H and O–H groups in total. The third kappa shape index (κ3) is 3.58. The van der Waals surface area contributed by atoms with Crippen LogP contribution in [0.1, 0.15) is 0 Å². The summed E-state index contributed by atoms with van der Waals surface area (Å²) in [5, 5.41) is 0. The van der Waals surface area contributed by atoms with Crippen LogP contribution in [0.25, 0.3) is 0 Å². The van der Waals surface area contributed by atoms with Gasteiger partial charge in [-0.25, -0.2) is 4.79 Å². The summed E-state index contributed by atoms with van der Waals surface area (Å²) >= 11 is 0. The lowest BCUT2D eigenvalue weighted by Gasteiger charge is -2.07. The monoisotopic (exact) mass is 128 g/mol. The highest BCUT2D eigenvalue weighted by atomic mass is 16.5. The van der Waals surface area contributed by atoms with Gasteiger partial charge < -0.3 is 9.64 Å². The van der Waals surface area contributed by atoms with Gasteiger partial charge in [-0.05, 0) is 0 Å². The van der Waals surface area contributed by atoms with Crippen molar-refractivity contribution in [3.05, 3.63) is 19.7 Å². The van der Waals surface area contributed by atoms with Gasteiger partial charge in [-0.3, -0.25) is 0 Å². The lowest BCUT2D eigenvalue weighted by Crippen LogP contribution is -2.20. The van der Waals surface area contributed by atoms with Crippen molar-refractivity contribution in [2.45, 2.75) is 0 Å². The van der Waals surface area contributed by atoms with Crippen molar-refractivity contribution < 1.29 is 9.53 Å². The van der Waals surface area contributed by atoms with Crippen molar-refractivity contribution in [2.75, 3.05) is 13.7 Å². The summed E-state index contributed by atoms with van der Waals surface area (Å²) in [6.45, 7) is 3.61. The number of carbonyl (C=O) groups is 1. The molecule has 0 aromatic rings. The number of ether oxygens (including phenoxy) is 1. The van der Waals surface area contributed by atoms with E-state index in [1.165, 1.54) is 13.1 Å². The first kappa shape index (κ1) is 8.01. The Bertz CT molecular complexity index is 110. The van der Waals surface area contributed by atoms with Gasteiger partial charge in [-0.15, -0.1) is 0 Å². The summed E-state index contributed by atoms with van der Waals surface area (Å²) in [6.07, 6.45) is 1.05. The zero-order valence-corrected chi connectivity index (χ0v) is 5.46. The first-order valence-corrected chi connectivity index (χ1v) is 2.50. The number of rotatable bonds is 2. The van der Waals surface area contributed by atoms with Crippen molar-refractivity contribution >= 4 is 6.09 Å². The molecule has 0 rings (SSSR count). The summed E-state index contributed by atoms with van der Waals surface area (Å²) in [5.41, 5.74) is 0. The van der Waals surface area contributed by atoms with E-state index in [1.54, 1.807) is 0 Å². The van der Waals surface area contributed by atoms with Crippen LogP contribution in [-0.4, -0.2) is 24.6 Å². The van der Waals surface area contributed by atoms with Gasteiger partial charge in [0, 0.05) is 14.1 Å². The van der Waals surface area contributed by atoms with Crippen LogP contribution in [0, 0.1) is 7.05 Å². The summed E-state index contributed by atoms with van der Waals surface area (Å²) < 4.78 is 4.56. The van der Waals surface area contributed by atoms with Gasteiger partial charge in [-0.2, -0.15) is 0 Å². The number of hydrogen-bond acceptors (Lipinski definition) is 2. The zero-order valence-electron chi connectivity index (χ0n) is 5.46. The SMILES string of the molecule is [CH2]N(C)C(=O)OCC=C. The van der Waals surface area contributed by atoms with Gasteiger partial charge in [0.1, 0.15) is 6.61 Å². The van der Waals surface area contributed by atoms with Crippen molar-refractivity contribution in [3.63, 3.8) is 0 Å². The Morgan fingerprint density at radius 3 is 2.78 bits per heavy atom. The third-order valence-corrected chi connectivity index (χ3v) is 0.636. The van der Waals surface area contributed by atoms with E-state index in [9.17, 15) is 4.79 Å². The Morgan fingerprint density at radius 2 is 2.44 bits per heavy atom. The normalized spacial score (nSPS) is 8.22. The molecule has 51 valence electrons. The minimum atomic E-state index is -0.449. The van der Waals surface area contributed by atoms with E-state index in [0.29, 0.717) is 0 Å². The molecule has 3 heteroatoms. The highest BCUT2D eigenvalue weighted by Gasteiger charge is 2.00. The van der Waals surface area contributed by atoms with Crippen LogP contribution in [-0.2, 0) is 4.74 Å². The fourth-order valence-electron chi connectivity index (χ4n) is 0.240. The maximum Gasteiger partial charge on any atom is 0.409 e. The summed E-state index contributed by atoms with van der Waals surface area (Å²) in [7, 11) is 4.84. The van der Waals surface area contributed by atoms with Crippen LogP contribution in [0.15, 0.2) is 12.7 Å². The molecular weight excluding hydrogens is 118 g/mol. The fraction of sp³-hybridized carbons (Fsp3) is 0.333. The van der Waals surface area contributed by atoms with E-state index < -0.39 is 6.09 Å². The number of nitrogens with zero attached hydrogens (tertiary/aromatic N) is 1. The van der Waals surface area contributed by atoms with Gasteiger partial charge in [0.05, 0.1) is 0 Å². The minimum Gasteiger partial charge on any atom is -0.445 e. The van der Waals surface area contributed by atoms with Crippen molar-refractivity contribution in [1.82, 2.24) is 4.90 Å². The van der Waals surface area contributed by atoms with Gasteiger partial charge >= 0.3 is 6.09 Å². The van der Waals surface area contributed by atoms with E-state index >= 15 is 0 Å². The van der Waals surface area contributed by atoms with Gasteiger partial charge in [0.2, 0.25) is 0 Å². The molecule has 0 atom stereocenters. The average molecular weight is 128 g/mol. The number of hydrogen-bond donors (Lipinski definition) is 0. The Balaban J connectivity index is 3.38. The number of carbonyl (C=O) groups excluding carboxylic acids is 1. The zero-order chi connectivity index (χ0) is 7.28. The summed E-state index contributed by atoms with van der Waals surface area (Å²) in [6, 6.07) is 0. The first-order chi connectivity index (χ1) is 4.18. The molecule has 0 bridgehead atoms. The number of amides is 1. The maximum atomic E-state index is 10.5. The molecule has 0 fully saturated rings. The van der Waals surface area contributed by atoms with Gasteiger partial charge in [-0.1, -0.05) is 12.7 Å². The van der Waals surface area contributed by atoms with E-state index in [0.717, 1.165) is 4.90 Å². The molecule has 0 heterocycles. The lowest BCUT2D eigenvalue weighted by molar-refractivity contribution is 0.134. The largest absolute Gasteiger partial charge is 0.445 e. The molecule has 0 aliphatic heterocycles. The molecule has 0 aliphatic rings. The molecule has 0 spiro atoms. The second-order valence-electron chi connectivity index (χ2n) is 1.56. The first-order valence-electron chi connectivity index (χ1n) is 2.50. The molecule has 0 unspecified atom stereocenters. The molecular formula is C6H10NO2. The van der Waals surface area contributed by atoms with Crippen LogP contribution >= 0.6 is 0 Å². The predicted octanol–water partition coefficient (Wildman–Crippen LogP) is 1.03. The Kier molecular flexibility index (Phi) is 3.51. The van der Waals surface area contributed by atoms with Gasteiger partial charge in [0.25, 0.3) is 0 Å². The van der Waals surface area contributed by atoms with Crippen LogP contribution in [0.5, 0.6) is 0 Å². The van der Waals surface area contributed by atoms with Crippen molar-refractivity contribution in [1.29, 1.82) is 0 Å². The van der Waals surface area contributed by atoms with Crippen molar-refractivity contribution in [3.8, 4) is 0 Å². The second-order valence-corrected chi connectivity index (χ2v) is 1.56. The quantitative estimate of drug-likeness (QED) is 0.520. The second kappa shape index (κ2) is 3.95. The fourth-order valence-corrected chi connectivity index (χ4v) is 0.240. The Morgan fingerprint density at radius 1 is 1.89 bits per heavy atom. The third-order valence-electron chi connectivity index (χ3n) is 0.636. The van der Waals surface area contributed by atoms with E-state index in [4.69, 9.17) is 0 Å². The molecule has 9 heavy (non-hydrogen) atoms. The van der Waals surface area contributed by atoms with Gasteiger partial charge in [0.15, 0.2) is 0 Å². The molecule has 0 aliphatic carbocycles. The van der Waals surface area contributed by atoms with E-state index in [1.807, 2.05) is 0 Å². The summed E-state index contributed by atoms with van der Waals surface area (Å²) in [4.78, 5) is 11.6. The molecule has 0 aromatic heterocycles. The maximum absolute atomic E-state index is 10.5. The van der Waals surface area contributed by atoms with Crippen LogP contribution in [0.2, 0.25) is 0 Å². The molecule has 0 aromatic carbocycles. The van der Waals surface area contributed by atoms with E-state index in [2.05, 4.69) is 18.4 Å².